The zero-order valence-electron chi connectivity index (χ0n) is 12.5. The molecule has 1 saturated carbocycles. The Hall–Kier alpha value is -2.77. The highest BCUT2D eigenvalue weighted by Gasteiger charge is 2.31. The number of aliphatic carboxylic acids is 1. The minimum atomic E-state index is -1.14. The molecule has 2 N–H and O–H groups in total. The zero-order chi connectivity index (χ0) is 17.3. The third-order valence-corrected chi connectivity index (χ3v) is 3.78. The smallest absolute Gasteiger partial charge is 0.326 e. The molecule has 1 amide bonds. The van der Waals surface area contributed by atoms with E-state index in [1.807, 2.05) is 0 Å². The average Bonchev–Trinajstić information content (AvgIpc) is 3.21. The molecule has 1 heterocycles. The molecule has 24 heavy (non-hydrogen) atoms. The van der Waals surface area contributed by atoms with Crippen LogP contribution in [-0.4, -0.2) is 28.0 Å². The number of aromatic nitrogens is 1. The van der Waals surface area contributed by atoms with Gasteiger partial charge in [0.2, 0.25) is 5.89 Å². The number of carboxylic acids is 1. The summed E-state index contributed by atoms with van der Waals surface area (Å²) >= 11 is 0. The van der Waals surface area contributed by atoms with Gasteiger partial charge in [-0.05, 0) is 24.5 Å². The number of nitrogens with one attached hydrogen (secondary N) is 1. The van der Waals surface area contributed by atoms with Gasteiger partial charge < -0.3 is 14.8 Å². The van der Waals surface area contributed by atoms with Gasteiger partial charge in [0.25, 0.3) is 5.91 Å². The third-order valence-electron chi connectivity index (χ3n) is 3.78. The normalized spacial score (nSPS) is 15.1. The summed E-state index contributed by atoms with van der Waals surface area (Å²) in [5, 5.41) is 11.5. The van der Waals surface area contributed by atoms with Gasteiger partial charge in [0.1, 0.15) is 29.5 Å². The van der Waals surface area contributed by atoms with E-state index in [0.29, 0.717) is 12.3 Å². The fraction of sp³-hybridized carbons (Fsp3) is 0.312. The second-order valence-electron chi connectivity index (χ2n) is 5.68. The van der Waals surface area contributed by atoms with Crippen LogP contribution in [0.4, 0.5) is 8.78 Å². The number of oxazole rings is 1. The van der Waals surface area contributed by atoms with Gasteiger partial charge in [0.05, 0.1) is 0 Å². The van der Waals surface area contributed by atoms with E-state index in [-0.39, 0.29) is 11.6 Å². The van der Waals surface area contributed by atoms with Gasteiger partial charge in [-0.1, -0.05) is 18.9 Å². The molecule has 126 valence electrons. The molecular weight excluding hydrogens is 322 g/mol. The highest BCUT2D eigenvalue weighted by atomic mass is 19.1. The first-order chi connectivity index (χ1) is 11.5. The number of carbonyl (C=O) groups excluding carboxylic acids is 1. The van der Waals surface area contributed by atoms with Gasteiger partial charge in [-0.15, -0.1) is 0 Å². The highest BCUT2D eigenvalue weighted by Crippen LogP contribution is 2.33. The Labute approximate surface area is 135 Å². The maximum atomic E-state index is 13.7. The van der Waals surface area contributed by atoms with Crippen LogP contribution in [0.2, 0.25) is 0 Å². The van der Waals surface area contributed by atoms with Gasteiger partial charge in [0, 0.05) is 0 Å². The van der Waals surface area contributed by atoms with Gasteiger partial charge in [-0.2, -0.15) is 0 Å². The predicted octanol–water partition coefficient (Wildman–Crippen LogP) is 2.60. The number of halogens is 2. The van der Waals surface area contributed by atoms with E-state index in [9.17, 15) is 18.4 Å². The molecular formula is C16H14F2N2O4. The van der Waals surface area contributed by atoms with Crippen LogP contribution in [-0.2, 0) is 4.79 Å². The summed E-state index contributed by atoms with van der Waals surface area (Å²) in [5.41, 5.74) is -0.723. The van der Waals surface area contributed by atoms with E-state index in [1.165, 1.54) is 6.07 Å². The lowest BCUT2D eigenvalue weighted by molar-refractivity contribution is -0.139. The Morgan fingerprint density at radius 2 is 2.00 bits per heavy atom. The van der Waals surface area contributed by atoms with Gasteiger partial charge in [-0.3, -0.25) is 4.79 Å². The summed E-state index contributed by atoms with van der Waals surface area (Å²) in [6.45, 7) is 0. The largest absolute Gasteiger partial charge is 0.480 e. The molecule has 1 aliphatic rings. The standard InChI is InChI=1S/C16H14F2N2O4/c17-9-2-1-3-10(18)13(9)15-20-12(7-24-15)14(21)19-11(16(22)23)6-8-4-5-8/h1-3,7-8,11H,4-6H2,(H,19,21)(H,22,23). The summed E-state index contributed by atoms with van der Waals surface area (Å²) in [4.78, 5) is 27.0. The van der Waals surface area contributed by atoms with Crippen molar-refractivity contribution in [2.45, 2.75) is 25.3 Å². The molecule has 1 atom stereocenters. The summed E-state index contributed by atoms with van der Waals surface area (Å²) in [7, 11) is 0. The van der Waals surface area contributed by atoms with Crippen molar-refractivity contribution in [2.75, 3.05) is 0 Å². The van der Waals surface area contributed by atoms with Crippen molar-refractivity contribution in [3.05, 3.63) is 41.8 Å². The van der Waals surface area contributed by atoms with Crippen LogP contribution in [0.5, 0.6) is 0 Å². The first-order valence-electron chi connectivity index (χ1n) is 7.39. The van der Waals surface area contributed by atoms with Gasteiger partial charge >= 0.3 is 5.97 Å². The molecule has 6 nitrogen and oxygen atoms in total. The van der Waals surface area contributed by atoms with Crippen molar-refractivity contribution in [3.8, 4) is 11.5 Å². The molecule has 1 aliphatic carbocycles. The number of amides is 1. The van der Waals surface area contributed by atoms with E-state index < -0.39 is 35.1 Å². The molecule has 8 heteroatoms. The molecule has 1 aromatic heterocycles. The predicted molar refractivity (Wildman–Crippen MR) is 78.1 cm³/mol. The number of benzene rings is 1. The number of rotatable bonds is 6. The maximum Gasteiger partial charge on any atom is 0.326 e. The summed E-state index contributed by atoms with van der Waals surface area (Å²) in [5.74, 6) is -3.74. The first kappa shape index (κ1) is 16.1. The van der Waals surface area contributed by atoms with Crippen LogP contribution in [0.3, 0.4) is 0 Å². The van der Waals surface area contributed by atoms with Crippen molar-refractivity contribution in [1.82, 2.24) is 10.3 Å². The fourth-order valence-electron chi connectivity index (χ4n) is 2.34. The number of hydrogen-bond acceptors (Lipinski definition) is 4. The van der Waals surface area contributed by atoms with E-state index >= 15 is 0 Å². The molecule has 3 rings (SSSR count). The summed E-state index contributed by atoms with van der Waals surface area (Å²) in [6, 6.07) is 2.24. The molecule has 1 fully saturated rings. The second kappa shape index (κ2) is 6.38. The zero-order valence-corrected chi connectivity index (χ0v) is 12.5. The Morgan fingerprint density at radius 3 is 2.58 bits per heavy atom. The monoisotopic (exact) mass is 336 g/mol. The lowest BCUT2D eigenvalue weighted by Crippen LogP contribution is -2.41. The fourth-order valence-corrected chi connectivity index (χ4v) is 2.34. The highest BCUT2D eigenvalue weighted by molar-refractivity contribution is 5.95. The van der Waals surface area contributed by atoms with Crippen LogP contribution in [0.1, 0.15) is 29.8 Å². The number of hydrogen-bond donors (Lipinski definition) is 2. The molecule has 0 aliphatic heterocycles. The maximum absolute atomic E-state index is 13.7. The van der Waals surface area contributed by atoms with Crippen molar-refractivity contribution < 1.29 is 27.9 Å². The molecule has 0 saturated heterocycles. The molecule has 0 spiro atoms. The quantitative estimate of drug-likeness (QED) is 0.846. The number of carboxylic acid groups (broad SMARTS) is 1. The topological polar surface area (TPSA) is 92.4 Å². The second-order valence-corrected chi connectivity index (χ2v) is 5.68. The van der Waals surface area contributed by atoms with E-state index in [0.717, 1.165) is 31.2 Å². The van der Waals surface area contributed by atoms with E-state index in [4.69, 9.17) is 9.52 Å². The van der Waals surface area contributed by atoms with Crippen molar-refractivity contribution in [1.29, 1.82) is 0 Å². The van der Waals surface area contributed by atoms with Crippen LogP contribution < -0.4 is 5.32 Å². The van der Waals surface area contributed by atoms with E-state index in [2.05, 4.69) is 10.3 Å². The third kappa shape index (κ3) is 3.42. The van der Waals surface area contributed by atoms with Crippen LogP contribution >= 0.6 is 0 Å². The lowest BCUT2D eigenvalue weighted by atomic mass is 10.1. The minimum absolute atomic E-state index is 0.241. The molecule has 1 unspecified atom stereocenters. The summed E-state index contributed by atoms with van der Waals surface area (Å²) in [6.07, 6.45) is 3.17. The van der Waals surface area contributed by atoms with Crippen LogP contribution in [0.15, 0.2) is 28.9 Å². The molecule has 0 radical (unpaired) electrons. The van der Waals surface area contributed by atoms with Crippen molar-refractivity contribution in [2.24, 2.45) is 5.92 Å². The van der Waals surface area contributed by atoms with Crippen molar-refractivity contribution >= 4 is 11.9 Å². The Morgan fingerprint density at radius 1 is 1.33 bits per heavy atom. The van der Waals surface area contributed by atoms with Crippen molar-refractivity contribution in [3.63, 3.8) is 0 Å². The molecule has 2 aromatic rings. The average molecular weight is 336 g/mol. The van der Waals surface area contributed by atoms with Gasteiger partial charge in [0.15, 0.2) is 5.69 Å². The van der Waals surface area contributed by atoms with Crippen LogP contribution in [0, 0.1) is 17.6 Å². The Bertz CT molecular complexity index is 766. The van der Waals surface area contributed by atoms with E-state index in [1.54, 1.807) is 0 Å². The lowest BCUT2D eigenvalue weighted by Gasteiger charge is -2.12. The molecule has 0 bridgehead atoms. The first-order valence-corrected chi connectivity index (χ1v) is 7.39. The Balaban J connectivity index is 1.77. The minimum Gasteiger partial charge on any atom is -0.480 e. The SMILES string of the molecule is O=C(NC(CC1CC1)C(=O)O)c1coc(-c2c(F)cccc2F)n1. The molecule has 1 aromatic carbocycles. The summed E-state index contributed by atoms with van der Waals surface area (Å²) < 4.78 is 32.4. The Kier molecular flexibility index (Phi) is 4.28. The number of nitrogens with zero attached hydrogens (tertiary/aromatic N) is 1. The number of carbonyl (C=O) groups is 2. The van der Waals surface area contributed by atoms with Crippen LogP contribution in [0.25, 0.3) is 11.5 Å². The van der Waals surface area contributed by atoms with Gasteiger partial charge in [-0.25, -0.2) is 18.6 Å².